The molecule has 1 saturated heterocycles. The van der Waals surface area contributed by atoms with E-state index in [9.17, 15) is 8.78 Å². The van der Waals surface area contributed by atoms with E-state index < -0.39 is 11.6 Å². The van der Waals surface area contributed by atoms with E-state index in [1.165, 1.54) is 6.07 Å². The Labute approximate surface area is 221 Å². The number of nitrogens with one attached hydrogen (secondary N) is 1. The van der Waals surface area contributed by atoms with Crippen molar-refractivity contribution in [3.8, 4) is 11.3 Å². The quantitative estimate of drug-likeness (QED) is 0.329. The second kappa shape index (κ2) is 10.3. The van der Waals surface area contributed by atoms with Crippen LogP contribution in [-0.2, 0) is 11.3 Å². The molecule has 1 aromatic carbocycles. The fraction of sp³-hybridized carbons (Fsp3) is 0.429. The predicted octanol–water partition coefficient (Wildman–Crippen LogP) is 5.80. The van der Waals surface area contributed by atoms with Gasteiger partial charge in [-0.25, -0.2) is 28.7 Å². The van der Waals surface area contributed by atoms with E-state index in [4.69, 9.17) is 4.74 Å². The maximum absolute atomic E-state index is 15.0. The number of rotatable bonds is 7. The number of aromatic nitrogens is 5. The number of imidazole rings is 1. The fourth-order valence-electron chi connectivity index (χ4n) is 5.04. The molecule has 0 bridgehead atoms. The third-order valence-corrected chi connectivity index (χ3v) is 7.34. The highest BCUT2D eigenvalue weighted by atomic mass is 19.1. The van der Waals surface area contributed by atoms with Crippen LogP contribution in [0, 0.1) is 18.6 Å². The molecular formula is C28H33F2N7O. The van der Waals surface area contributed by atoms with Gasteiger partial charge in [-0.3, -0.25) is 4.90 Å². The maximum Gasteiger partial charge on any atom is 0.229 e. The second-order valence-electron chi connectivity index (χ2n) is 10.4. The number of ether oxygens (including phenoxy) is 1. The Kier molecular flexibility index (Phi) is 7.11. The Balaban J connectivity index is 1.33. The molecule has 0 aliphatic carbocycles. The summed E-state index contributed by atoms with van der Waals surface area (Å²) in [6.45, 7) is 10.7. The number of hydrogen-bond donors (Lipinski definition) is 1. The SMILES string of the molecule is COC1(C)CCN(Cc2ccc(Nc3ncc(F)c(-c4cc(F)c5nc(C)n(C(C)C)c5c4)n3)nc2)CC1. The third kappa shape index (κ3) is 5.23. The lowest BCUT2D eigenvalue weighted by Gasteiger charge is -2.38. The van der Waals surface area contributed by atoms with E-state index in [1.807, 2.05) is 43.7 Å². The molecule has 0 unspecified atom stereocenters. The first kappa shape index (κ1) is 26.1. The van der Waals surface area contributed by atoms with Crippen molar-refractivity contribution in [1.82, 2.24) is 29.4 Å². The minimum atomic E-state index is -0.643. The first-order chi connectivity index (χ1) is 18.2. The lowest BCUT2D eigenvalue weighted by Crippen LogP contribution is -2.43. The molecule has 0 saturated carbocycles. The number of anilines is 2. The highest BCUT2D eigenvalue weighted by Gasteiger charge is 2.29. The van der Waals surface area contributed by atoms with Crippen LogP contribution in [0.1, 0.15) is 51.0 Å². The molecule has 0 atom stereocenters. The smallest absolute Gasteiger partial charge is 0.229 e. The molecule has 5 rings (SSSR count). The van der Waals surface area contributed by atoms with Crippen LogP contribution in [-0.4, -0.2) is 55.2 Å². The van der Waals surface area contributed by atoms with Gasteiger partial charge in [0.2, 0.25) is 5.95 Å². The first-order valence-corrected chi connectivity index (χ1v) is 12.9. The van der Waals surface area contributed by atoms with Gasteiger partial charge in [0.1, 0.15) is 22.9 Å². The third-order valence-electron chi connectivity index (χ3n) is 7.34. The van der Waals surface area contributed by atoms with Crippen LogP contribution in [0.4, 0.5) is 20.5 Å². The standard InChI is InChI=1S/C28H33F2N7O/c1-17(2)37-18(3)33-26-21(29)12-20(13-23(26)37)25-22(30)15-32-27(35-25)34-24-7-6-19(14-31-24)16-36-10-8-28(4,38-5)9-11-36/h6-7,12-15,17H,8-11,16H2,1-5H3,(H,31,32,34,35). The molecule has 0 radical (unpaired) electrons. The largest absolute Gasteiger partial charge is 0.378 e. The van der Waals surface area contributed by atoms with Crippen molar-refractivity contribution < 1.29 is 13.5 Å². The van der Waals surface area contributed by atoms with Gasteiger partial charge < -0.3 is 14.6 Å². The summed E-state index contributed by atoms with van der Waals surface area (Å²) in [4.78, 5) is 19.6. The van der Waals surface area contributed by atoms with Gasteiger partial charge >= 0.3 is 0 Å². The summed E-state index contributed by atoms with van der Waals surface area (Å²) in [6, 6.07) is 6.90. The van der Waals surface area contributed by atoms with Crippen molar-refractivity contribution in [2.24, 2.45) is 0 Å². The van der Waals surface area contributed by atoms with Crippen LogP contribution in [0.3, 0.4) is 0 Å². The van der Waals surface area contributed by atoms with Crippen molar-refractivity contribution in [3.63, 3.8) is 0 Å². The van der Waals surface area contributed by atoms with Crippen molar-refractivity contribution >= 4 is 22.8 Å². The van der Waals surface area contributed by atoms with Crippen molar-refractivity contribution in [3.05, 3.63) is 59.7 Å². The van der Waals surface area contributed by atoms with Crippen LogP contribution in [0.2, 0.25) is 0 Å². The second-order valence-corrected chi connectivity index (χ2v) is 10.4. The van der Waals surface area contributed by atoms with E-state index in [0.717, 1.165) is 44.2 Å². The van der Waals surface area contributed by atoms with Crippen LogP contribution in [0.25, 0.3) is 22.3 Å². The van der Waals surface area contributed by atoms with Gasteiger partial charge in [0.15, 0.2) is 11.6 Å². The van der Waals surface area contributed by atoms with Gasteiger partial charge in [-0.05, 0) is 64.3 Å². The normalized spacial score (nSPS) is 15.9. The van der Waals surface area contributed by atoms with Gasteiger partial charge in [-0.2, -0.15) is 0 Å². The van der Waals surface area contributed by atoms with Gasteiger partial charge in [0, 0.05) is 44.5 Å². The number of hydrogen-bond acceptors (Lipinski definition) is 7. The average molecular weight is 522 g/mol. The molecule has 4 aromatic rings. The lowest BCUT2D eigenvalue weighted by molar-refractivity contribution is -0.0440. The number of piperidine rings is 1. The van der Waals surface area contributed by atoms with Gasteiger partial charge in [-0.15, -0.1) is 0 Å². The molecule has 1 aliphatic heterocycles. The minimum Gasteiger partial charge on any atom is -0.378 e. The predicted molar refractivity (Wildman–Crippen MR) is 143 cm³/mol. The Morgan fingerprint density at radius 1 is 1.05 bits per heavy atom. The number of methoxy groups -OCH3 is 1. The van der Waals surface area contributed by atoms with Crippen LogP contribution < -0.4 is 5.32 Å². The van der Waals surface area contributed by atoms with Crippen LogP contribution in [0.5, 0.6) is 0 Å². The zero-order chi connectivity index (χ0) is 27.0. The molecule has 1 fully saturated rings. The van der Waals surface area contributed by atoms with E-state index in [-0.39, 0.29) is 28.8 Å². The summed E-state index contributed by atoms with van der Waals surface area (Å²) in [6.07, 6.45) is 4.89. The summed E-state index contributed by atoms with van der Waals surface area (Å²) in [5.41, 5.74) is 2.23. The molecule has 0 spiro atoms. The van der Waals surface area contributed by atoms with E-state index in [1.54, 1.807) is 13.2 Å². The number of aryl methyl sites for hydroxylation is 1. The first-order valence-electron chi connectivity index (χ1n) is 12.9. The van der Waals surface area contributed by atoms with Crippen molar-refractivity contribution in [1.29, 1.82) is 0 Å². The van der Waals surface area contributed by atoms with E-state index in [2.05, 4.69) is 37.1 Å². The molecule has 38 heavy (non-hydrogen) atoms. The summed E-state index contributed by atoms with van der Waals surface area (Å²) in [7, 11) is 1.78. The van der Waals surface area contributed by atoms with Gasteiger partial charge in [-0.1, -0.05) is 6.07 Å². The van der Waals surface area contributed by atoms with Crippen molar-refractivity contribution in [2.45, 2.75) is 58.7 Å². The maximum atomic E-state index is 15.0. The fourth-order valence-corrected chi connectivity index (χ4v) is 5.04. The molecule has 0 amide bonds. The topological polar surface area (TPSA) is 81.0 Å². The van der Waals surface area contributed by atoms with Crippen LogP contribution in [0.15, 0.2) is 36.7 Å². The number of fused-ring (bicyclic) bond motifs is 1. The number of pyridine rings is 1. The number of likely N-dealkylation sites (tertiary alicyclic amines) is 1. The summed E-state index contributed by atoms with van der Waals surface area (Å²) < 4.78 is 37.3. The average Bonchev–Trinajstić information content (AvgIpc) is 3.24. The molecule has 1 aliphatic rings. The number of nitrogens with zero attached hydrogens (tertiary/aromatic N) is 6. The van der Waals surface area contributed by atoms with Crippen molar-refractivity contribution in [2.75, 3.05) is 25.5 Å². The molecule has 8 nitrogen and oxygen atoms in total. The summed E-state index contributed by atoms with van der Waals surface area (Å²) in [5.74, 6) is 0.235. The molecule has 3 aromatic heterocycles. The summed E-state index contributed by atoms with van der Waals surface area (Å²) in [5, 5.41) is 3.03. The summed E-state index contributed by atoms with van der Waals surface area (Å²) >= 11 is 0. The monoisotopic (exact) mass is 521 g/mol. The highest BCUT2D eigenvalue weighted by Crippen LogP contribution is 2.30. The number of benzene rings is 1. The highest BCUT2D eigenvalue weighted by molar-refractivity contribution is 5.83. The zero-order valence-electron chi connectivity index (χ0n) is 22.4. The Morgan fingerprint density at radius 2 is 1.82 bits per heavy atom. The van der Waals surface area contributed by atoms with Crippen LogP contribution >= 0.6 is 0 Å². The van der Waals surface area contributed by atoms with Gasteiger partial charge in [0.05, 0.1) is 17.3 Å². The Morgan fingerprint density at radius 3 is 2.47 bits per heavy atom. The minimum absolute atomic E-state index is 0.00207. The molecule has 10 heteroatoms. The number of halogens is 2. The zero-order valence-corrected chi connectivity index (χ0v) is 22.4. The molecule has 200 valence electrons. The Hall–Kier alpha value is -3.50. The van der Waals surface area contributed by atoms with E-state index >= 15 is 0 Å². The van der Waals surface area contributed by atoms with Gasteiger partial charge in [0.25, 0.3) is 0 Å². The lowest BCUT2D eigenvalue weighted by atomic mass is 9.93. The molecular weight excluding hydrogens is 488 g/mol. The molecule has 4 heterocycles. The Bertz CT molecular complexity index is 1440. The molecule has 1 N–H and O–H groups in total. The van der Waals surface area contributed by atoms with E-state index in [0.29, 0.717) is 22.7 Å².